The first kappa shape index (κ1) is 22.3. The van der Waals surface area contributed by atoms with Crippen LogP contribution in [0.25, 0.3) is 0 Å². The van der Waals surface area contributed by atoms with Gasteiger partial charge in [0.1, 0.15) is 11.6 Å². The van der Waals surface area contributed by atoms with Gasteiger partial charge in [0.15, 0.2) is 12.7 Å². The molecule has 1 unspecified atom stereocenters. The topological polar surface area (TPSA) is 84.9 Å². The van der Waals surface area contributed by atoms with Crippen LogP contribution in [0, 0.1) is 5.82 Å². The number of nitrogens with zero attached hydrogens (tertiary/aromatic N) is 1. The quantitative estimate of drug-likeness (QED) is 0.621. The molecule has 1 aliphatic heterocycles. The minimum Gasteiger partial charge on any atom is -0.482 e. The number of anilines is 1. The smallest absolute Gasteiger partial charge is 0.344 e. The van der Waals surface area contributed by atoms with Crippen molar-refractivity contribution in [2.45, 2.75) is 32.3 Å². The maximum atomic E-state index is 12.9. The Bertz CT molecular complexity index is 915. The van der Waals surface area contributed by atoms with Gasteiger partial charge < -0.3 is 19.7 Å². The second-order valence-electron chi connectivity index (χ2n) is 7.23. The first-order chi connectivity index (χ1) is 14.9. The van der Waals surface area contributed by atoms with Crippen LogP contribution in [0.5, 0.6) is 5.75 Å². The van der Waals surface area contributed by atoms with Gasteiger partial charge in [0, 0.05) is 25.2 Å². The van der Waals surface area contributed by atoms with E-state index in [9.17, 15) is 18.8 Å². The summed E-state index contributed by atoms with van der Waals surface area (Å²) in [6, 6.07) is 12.9. The Balaban J connectivity index is 1.36. The Kier molecular flexibility index (Phi) is 7.59. The molecule has 2 amide bonds. The maximum Gasteiger partial charge on any atom is 0.344 e. The third kappa shape index (κ3) is 6.53. The fourth-order valence-electron chi connectivity index (χ4n) is 3.20. The molecule has 0 bridgehead atoms. The second kappa shape index (κ2) is 10.6. The third-order valence-corrected chi connectivity index (χ3v) is 4.88. The van der Waals surface area contributed by atoms with E-state index < -0.39 is 18.0 Å². The molecule has 0 radical (unpaired) electrons. The second-order valence-corrected chi connectivity index (χ2v) is 7.23. The van der Waals surface area contributed by atoms with E-state index in [4.69, 9.17) is 9.47 Å². The Morgan fingerprint density at radius 3 is 2.48 bits per heavy atom. The van der Waals surface area contributed by atoms with Crippen LogP contribution in [-0.2, 0) is 25.5 Å². The van der Waals surface area contributed by atoms with E-state index in [1.807, 2.05) is 0 Å². The highest BCUT2D eigenvalue weighted by molar-refractivity contribution is 5.95. The fraction of sp³-hybridized carbons (Fsp3) is 0.348. The van der Waals surface area contributed by atoms with Gasteiger partial charge in [-0.25, -0.2) is 9.18 Å². The molecular formula is C23H25FN2O5. The van der Waals surface area contributed by atoms with Crippen molar-refractivity contribution in [3.05, 3.63) is 59.9 Å². The summed E-state index contributed by atoms with van der Waals surface area (Å²) in [6.45, 7) is 2.19. The number of hydrogen-bond acceptors (Lipinski definition) is 5. The van der Waals surface area contributed by atoms with Crippen molar-refractivity contribution in [2.24, 2.45) is 0 Å². The van der Waals surface area contributed by atoms with E-state index in [1.54, 1.807) is 41.3 Å². The van der Waals surface area contributed by atoms with Gasteiger partial charge in [-0.3, -0.25) is 9.59 Å². The molecular weight excluding hydrogens is 403 g/mol. The Morgan fingerprint density at radius 1 is 1.13 bits per heavy atom. The van der Waals surface area contributed by atoms with Crippen LogP contribution in [0.1, 0.15) is 25.3 Å². The Hall–Kier alpha value is -3.42. The van der Waals surface area contributed by atoms with Crippen molar-refractivity contribution in [1.82, 2.24) is 5.32 Å². The number of rotatable bonds is 9. The molecule has 0 saturated carbocycles. The monoisotopic (exact) mass is 428 g/mol. The molecule has 7 nitrogen and oxygen atoms in total. The summed E-state index contributed by atoms with van der Waals surface area (Å²) in [5.74, 6) is -0.839. The summed E-state index contributed by atoms with van der Waals surface area (Å²) in [7, 11) is 0. The highest BCUT2D eigenvalue weighted by Gasteiger charge is 2.21. The van der Waals surface area contributed by atoms with Crippen LogP contribution >= 0.6 is 0 Å². The number of halogens is 1. The van der Waals surface area contributed by atoms with E-state index >= 15 is 0 Å². The summed E-state index contributed by atoms with van der Waals surface area (Å²) in [6.07, 6.45) is 0.977. The number of carbonyl (C=O) groups is 3. The van der Waals surface area contributed by atoms with Crippen LogP contribution in [0.4, 0.5) is 10.1 Å². The molecule has 1 N–H and O–H groups in total. The van der Waals surface area contributed by atoms with Crippen molar-refractivity contribution in [3.8, 4) is 5.75 Å². The summed E-state index contributed by atoms with van der Waals surface area (Å²) in [4.78, 5) is 37.5. The zero-order valence-electron chi connectivity index (χ0n) is 17.3. The third-order valence-electron chi connectivity index (χ3n) is 4.88. The van der Waals surface area contributed by atoms with E-state index in [2.05, 4.69) is 5.32 Å². The fourth-order valence-corrected chi connectivity index (χ4v) is 3.20. The summed E-state index contributed by atoms with van der Waals surface area (Å²) >= 11 is 0. The Labute approximate surface area is 180 Å². The largest absolute Gasteiger partial charge is 0.482 e. The molecule has 1 saturated heterocycles. The summed E-state index contributed by atoms with van der Waals surface area (Å²) in [5.41, 5.74) is 1.68. The summed E-state index contributed by atoms with van der Waals surface area (Å²) < 4.78 is 23.4. The SMILES string of the molecule is CC(OC(=O)COc1ccc(N2CCCC2=O)cc1)C(=O)NCCc1ccc(F)cc1. The minimum atomic E-state index is -0.965. The molecule has 1 aliphatic rings. The van der Waals surface area contributed by atoms with E-state index in [0.29, 0.717) is 31.7 Å². The van der Waals surface area contributed by atoms with Crippen LogP contribution in [0.3, 0.4) is 0 Å². The lowest BCUT2D eigenvalue weighted by Crippen LogP contribution is -2.37. The van der Waals surface area contributed by atoms with Gasteiger partial charge in [-0.2, -0.15) is 0 Å². The number of esters is 1. The van der Waals surface area contributed by atoms with Crippen molar-refractivity contribution >= 4 is 23.5 Å². The van der Waals surface area contributed by atoms with Gasteiger partial charge in [0.2, 0.25) is 5.91 Å². The summed E-state index contributed by atoms with van der Waals surface area (Å²) in [5, 5.41) is 2.68. The number of amides is 2. The molecule has 2 aromatic carbocycles. The lowest BCUT2D eigenvalue weighted by atomic mass is 10.1. The minimum absolute atomic E-state index is 0.0992. The number of benzene rings is 2. The number of nitrogens with one attached hydrogen (secondary N) is 1. The molecule has 0 spiro atoms. The van der Waals surface area contributed by atoms with Crippen molar-refractivity contribution in [2.75, 3.05) is 24.6 Å². The van der Waals surface area contributed by atoms with Crippen molar-refractivity contribution < 1.29 is 28.2 Å². The zero-order valence-corrected chi connectivity index (χ0v) is 17.3. The lowest BCUT2D eigenvalue weighted by Gasteiger charge is -2.16. The molecule has 1 atom stereocenters. The molecule has 0 aliphatic carbocycles. The Morgan fingerprint density at radius 2 is 1.84 bits per heavy atom. The van der Waals surface area contributed by atoms with Crippen LogP contribution in [-0.4, -0.2) is 43.6 Å². The average molecular weight is 428 g/mol. The molecule has 2 aromatic rings. The van der Waals surface area contributed by atoms with Crippen LogP contribution in [0.2, 0.25) is 0 Å². The first-order valence-electron chi connectivity index (χ1n) is 10.2. The van der Waals surface area contributed by atoms with E-state index in [1.165, 1.54) is 19.1 Å². The molecule has 31 heavy (non-hydrogen) atoms. The predicted octanol–water partition coefficient (Wildman–Crippen LogP) is 2.62. The normalized spacial score (nSPS) is 14.3. The van der Waals surface area contributed by atoms with Gasteiger partial charge in [-0.1, -0.05) is 12.1 Å². The van der Waals surface area contributed by atoms with Gasteiger partial charge in [0.25, 0.3) is 5.91 Å². The number of hydrogen-bond donors (Lipinski definition) is 1. The van der Waals surface area contributed by atoms with E-state index in [-0.39, 0.29) is 18.3 Å². The van der Waals surface area contributed by atoms with Crippen LogP contribution in [0.15, 0.2) is 48.5 Å². The van der Waals surface area contributed by atoms with E-state index in [0.717, 1.165) is 17.7 Å². The highest BCUT2D eigenvalue weighted by atomic mass is 19.1. The molecule has 8 heteroatoms. The van der Waals surface area contributed by atoms with Gasteiger partial charge in [-0.05, 0) is 61.7 Å². The number of carbonyl (C=O) groups excluding carboxylic acids is 3. The number of ether oxygens (including phenoxy) is 2. The molecule has 0 aromatic heterocycles. The standard InChI is InChI=1S/C23H25FN2O5/c1-16(23(29)25-13-12-17-4-6-18(24)7-5-17)31-22(28)15-30-20-10-8-19(9-11-20)26-14-2-3-21(26)27/h4-11,16H,2-3,12-15H2,1H3,(H,25,29). The predicted molar refractivity (Wildman–Crippen MR) is 112 cm³/mol. The molecule has 1 heterocycles. The molecule has 3 rings (SSSR count). The first-order valence-corrected chi connectivity index (χ1v) is 10.2. The van der Waals surface area contributed by atoms with Crippen molar-refractivity contribution in [1.29, 1.82) is 0 Å². The molecule has 164 valence electrons. The van der Waals surface area contributed by atoms with Crippen LogP contribution < -0.4 is 15.0 Å². The zero-order chi connectivity index (χ0) is 22.2. The van der Waals surface area contributed by atoms with Gasteiger partial charge in [0.05, 0.1) is 0 Å². The highest BCUT2D eigenvalue weighted by Crippen LogP contribution is 2.23. The van der Waals surface area contributed by atoms with Gasteiger partial charge >= 0.3 is 5.97 Å². The lowest BCUT2D eigenvalue weighted by molar-refractivity contribution is -0.156. The van der Waals surface area contributed by atoms with Crippen molar-refractivity contribution in [3.63, 3.8) is 0 Å². The maximum absolute atomic E-state index is 12.9. The molecule has 1 fully saturated rings. The van der Waals surface area contributed by atoms with Gasteiger partial charge in [-0.15, -0.1) is 0 Å². The average Bonchev–Trinajstić information content (AvgIpc) is 3.19.